The van der Waals surface area contributed by atoms with Gasteiger partial charge in [-0.05, 0) is 25.3 Å². The fourth-order valence-electron chi connectivity index (χ4n) is 2.45. The molecule has 0 rings (SSSR count). The first-order valence-electron chi connectivity index (χ1n) is 9.27. The van der Waals surface area contributed by atoms with Crippen LogP contribution >= 0.6 is 0 Å². The summed E-state index contributed by atoms with van der Waals surface area (Å²) >= 11 is 0. The van der Waals surface area contributed by atoms with Crippen LogP contribution in [0.1, 0.15) is 78.1 Å². The monoisotopic (exact) mass is 317 g/mol. The summed E-state index contributed by atoms with van der Waals surface area (Å²) in [5.74, 6) is 0.858. The number of hydrogen-bond acceptors (Lipinski definition) is 4. The molecule has 0 spiro atoms. The minimum absolute atomic E-state index is 0.234. The van der Waals surface area contributed by atoms with Crippen LogP contribution < -0.4 is 5.32 Å². The lowest BCUT2D eigenvalue weighted by molar-refractivity contribution is -0.0373. The molecule has 0 atom stereocenters. The molecule has 4 nitrogen and oxygen atoms in total. The van der Waals surface area contributed by atoms with Gasteiger partial charge in [0, 0.05) is 19.8 Å². The first-order valence-corrected chi connectivity index (χ1v) is 9.27. The largest absolute Gasteiger partial charge is 0.381 e. The van der Waals surface area contributed by atoms with Crippen molar-refractivity contribution in [2.75, 3.05) is 26.3 Å². The van der Waals surface area contributed by atoms with E-state index in [0.717, 1.165) is 38.5 Å². The lowest BCUT2D eigenvalue weighted by atomic mass is 10.0. The third-order valence-corrected chi connectivity index (χ3v) is 3.79. The molecule has 0 bridgehead atoms. The van der Waals surface area contributed by atoms with Crippen LogP contribution in [-0.2, 0) is 4.74 Å². The molecule has 0 fully saturated rings. The third kappa shape index (κ3) is 19.8. The van der Waals surface area contributed by atoms with Gasteiger partial charge in [0.15, 0.2) is 6.29 Å². The number of rotatable bonds is 17. The summed E-state index contributed by atoms with van der Waals surface area (Å²) in [4.78, 5) is 0. The van der Waals surface area contributed by atoms with Crippen molar-refractivity contribution in [3.8, 4) is 0 Å². The van der Waals surface area contributed by atoms with Gasteiger partial charge in [-0.2, -0.15) is 0 Å². The van der Waals surface area contributed by atoms with Crippen LogP contribution in [0, 0.1) is 5.92 Å². The van der Waals surface area contributed by atoms with Gasteiger partial charge in [0.2, 0.25) is 0 Å². The molecule has 0 amide bonds. The molecule has 0 aromatic rings. The van der Waals surface area contributed by atoms with E-state index in [9.17, 15) is 0 Å². The van der Waals surface area contributed by atoms with Crippen molar-refractivity contribution in [1.82, 2.24) is 5.32 Å². The number of aliphatic hydroxyl groups excluding tert-OH is 1. The summed E-state index contributed by atoms with van der Waals surface area (Å²) in [6, 6.07) is 0. The van der Waals surface area contributed by atoms with E-state index in [1.807, 2.05) is 0 Å². The molecule has 0 heterocycles. The van der Waals surface area contributed by atoms with E-state index in [1.165, 1.54) is 51.4 Å². The average molecular weight is 318 g/mol. The zero-order valence-electron chi connectivity index (χ0n) is 14.9. The van der Waals surface area contributed by atoms with Gasteiger partial charge in [-0.25, -0.2) is 0 Å². The normalized spacial score (nSPS) is 11.7. The Bertz CT molecular complexity index is 189. The van der Waals surface area contributed by atoms with Crippen LogP contribution in [-0.4, -0.2) is 42.8 Å². The highest BCUT2D eigenvalue weighted by atomic mass is 16.5. The molecule has 0 aliphatic carbocycles. The van der Waals surface area contributed by atoms with Crippen molar-refractivity contribution >= 4 is 0 Å². The molecule has 0 radical (unpaired) electrons. The van der Waals surface area contributed by atoms with E-state index in [1.54, 1.807) is 0 Å². The quantitative estimate of drug-likeness (QED) is 0.284. The summed E-state index contributed by atoms with van der Waals surface area (Å²) in [5.41, 5.74) is 0. The van der Waals surface area contributed by atoms with E-state index in [4.69, 9.17) is 14.9 Å². The van der Waals surface area contributed by atoms with Gasteiger partial charge in [-0.3, -0.25) is 0 Å². The van der Waals surface area contributed by atoms with Crippen LogP contribution in [0.4, 0.5) is 0 Å². The highest BCUT2D eigenvalue weighted by Crippen LogP contribution is 2.12. The van der Waals surface area contributed by atoms with E-state index in [-0.39, 0.29) is 6.54 Å². The van der Waals surface area contributed by atoms with E-state index in [0.29, 0.717) is 0 Å². The van der Waals surface area contributed by atoms with Gasteiger partial charge in [-0.15, -0.1) is 0 Å². The second-order valence-corrected chi connectivity index (χ2v) is 6.66. The van der Waals surface area contributed by atoms with Gasteiger partial charge >= 0.3 is 0 Å². The molecule has 0 unspecified atom stereocenters. The van der Waals surface area contributed by atoms with Crippen molar-refractivity contribution in [3.63, 3.8) is 0 Å². The Morgan fingerprint density at radius 2 is 1.32 bits per heavy atom. The topological polar surface area (TPSA) is 61.7 Å². The third-order valence-electron chi connectivity index (χ3n) is 3.79. The Morgan fingerprint density at radius 3 is 1.91 bits per heavy atom. The second-order valence-electron chi connectivity index (χ2n) is 6.66. The Hall–Kier alpha value is -0.160. The maximum Gasteiger partial charge on any atom is 0.164 e. The maximum absolute atomic E-state index is 8.64. The van der Waals surface area contributed by atoms with Crippen molar-refractivity contribution < 1.29 is 14.9 Å². The average Bonchev–Trinajstić information content (AvgIpc) is 2.46. The number of aliphatic hydroxyl groups is 2. The molecule has 0 saturated carbocycles. The molecule has 3 N–H and O–H groups in total. The molecule has 0 aliphatic rings. The molecule has 0 saturated heterocycles. The number of hydrogen-bond donors (Lipinski definition) is 3. The zero-order valence-corrected chi connectivity index (χ0v) is 14.9. The highest BCUT2D eigenvalue weighted by molar-refractivity contribution is 4.50. The number of ether oxygens (including phenoxy) is 1. The van der Waals surface area contributed by atoms with Crippen LogP contribution in [0.3, 0.4) is 0 Å². The van der Waals surface area contributed by atoms with E-state index < -0.39 is 6.29 Å². The van der Waals surface area contributed by atoms with E-state index >= 15 is 0 Å². The minimum Gasteiger partial charge on any atom is -0.381 e. The summed E-state index contributed by atoms with van der Waals surface area (Å²) in [6.45, 7) is 7.23. The molecule has 134 valence electrons. The molecule has 4 heteroatoms. The van der Waals surface area contributed by atoms with Crippen molar-refractivity contribution in [3.05, 3.63) is 0 Å². The molecule has 0 aromatic carbocycles. The van der Waals surface area contributed by atoms with Gasteiger partial charge in [0.1, 0.15) is 0 Å². The zero-order chi connectivity index (χ0) is 16.5. The summed E-state index contributed by atoms with van der Waals surface area (Å²) in [7, 11) is 0. The smallest absolute Gasteiger partial charge is 0.164 e. The van der Waals surface area contributed by atoms with Crippen LogP contribution in [0.15, 0.2) is 0 Å². The van der Waals surface area contributed by atoms with Crippen LogP contribution in [0.25, 0.3) is 0 Å². The first-order chi connectivity index (χ1) is 10.6. The fraction of sp³-hybridized carbons (Fsp3) is 1.00. The number of unbranched alkanes of at least 4 members (excludes halogenated alkanes) is 7. The van der Waals surface area contributed by atoms with Gasteiger partial charge < -0.3 is 20.3 Å². The SMILES string of the molecule is CC(C)CCCCCCCCCCOCCCNCC(O)O. The molecular weight excluding hydrogens is 278 g/mol. The fourth-order valence-corrected chi connectivity index (χ4v) is 2.45. The standard InChI is InChI=1S/C18H39NO3/c1-17(2)12-9-7-5-3-4-6-8-10-14-22-15-11-13-19-16-18(20)21/h17-21H,3-16H2,1-2H3. The lowest BCUT2D eigenvalue weighted by Gasteiger charge is -2.07. The summed E-state index contributed by atoms with van der Waals surface area (Å²) in [6.07, 6.45) is 11.8. The minimum atomic E-state index is -1.25. The lowest BCUT2D eigenvalue weighted by Crippen LogP contribution is -2.27. The second kappa shape index (κ2) is 17.2. The van der Waals surface area contributed by atoms with Crippen LogP contribution in [0.5, 0.6) is 0 Å². The molecule has 0 aromatic heterocycles. The van der Waals surface area contributed by atoms with Gasteiger partial charge in [0.05, 0.1) is 0 Å². The predicted octanol–water partition coefficient (Wildman–Crippen LogP) is 3.46. The maximum atomic E-state index is 8.64. The van der Waals surface area contributed by atoms with Crippen molar-refractivity contribution in [2.45, 2.75) is 84.3 Å². The highest BCUT2D eigenvalue weighted by Gasteiger charge is 1.97. The van der Waals surface area contributed by atoms with Crippen LogP contribution in [0.2, 0.25) is 0 Å². The van der Waals surface area contributed by atoms with Gasteiger partial charge in [-0.1, -0.05) is 65.2 Å². The molecule has 22 heavy (non-hydrogen) atoms. The first kappa shape index (κ1) is 21.8. The Balaban J connectivity index is 2.97. The Labute approximate surface area is 137 Å². The molecular formula is C18H39NO3. The number of nitrogens with one attached hydrogen (secondary N) is 1. The van der Waals surface area contributed by atoms with Gasteiger partial charge in [0.25, 0.3) is 0 Å². The van der Waals surface area contributed by atoms with Crippen molar-refractivity contribution in [1.29, 1.82) is 0 Å². The Kier molecular flexibility index (Phi) is 17.1. The predicted molar refractivity (Wildman–Crippen MR) is 92.9 cm³/mol. The molecule has 0 aliphatic heterocycles. The van der Waals surface area contributed by atoms with Crippen molar-refractivity contribution in [2.24, 2.45) is 5.92 Å². The van der Waals surface area contributed by atoms with E-state index in [2.05, 4.69) is 19.2 Å². The Morgan fingerprint density at radius 1 is 0.773 bits per heavy atom. The summed E-state index contributed by atoms with van der Waals surface area (Å²) in [5, 5.41) is 20.2. The summed E-state index contributed by atoms with van der Waals surface area (Å²) < 4.78 is 5.56.